The number of carbonyl (C=O) groups is 1. The van der Waals surface area contributed by atoms with Crippen LogP contribution in [0.5, 0.6) is 0 Å². The average molecular weight is 432 g/mol. The van der Waals surface area contributed by atoms with Crippen molar-refractivity contribution < 1.29 is 9.90 Å². The maximum absolute atomic E-state index is 11.9. The zero-order chi connectivity index (χ0) is 23.0. The zero-order valence-electron chi connectivity index (χ0n) is 18.3. The molecule has 1 N–H and O–H groups in total. The van der Waals surface area contributed by atoms with Crippen LogP contribution < -0.4 is 0 Å². The highest BCUT2D eigenvalue weighted by molar-refractivity contribution is 5.71. The van der Waals surface area contributed by atoms with Gasteiger partial charge in [-0.25, -0.2) is 0 Å². The van der Waals surface area contributed by atoms with E-state index in [1.54, 1.807) is 6.07 Å². The van der Waals surface area contributed by atoms with E-state index in [-0.39, 0.29) is 0 Å². The molecule has 0 spiro atoms. The highest BCUT2D eigenvalue weighted by Crippen LogP contribution is 2.24. The Hall–Kier alpha value is -4.16. The van der Waals surface area contributed by atoms with Crippen LogP contribution in [-0.4, -0.2) is 11.1 Å². The summed E-state index contributed by atoms with van der Waals surface area (Å²) < 4.78 is 0. The minimum Gasteiger partial charge on any atom is -0.481 e. The molecule has 0 radical (unpaired) electrons. The summed E-state index contributed by atoms with van der Waals surface area (Å²) >= 11 is 0. The fourth-order valence-corrected chi connectivity index (χ4v) is 4.03. The molecule has 0 aliphatic carbocycles. The van der Waals surface area contributed by atoms with Gasteiger partial charge in [0.25, 0.3) is 0 Å². The third-order valence-electron chi connectivity index (χ3n) is 5.95. The van der Waals surface area contributed by atoms with E-state index < -0.39 is 11.9 Å². The van der Waals surface area contributed by atoms with Crippen LogP contribution in [0.2, 0.25) is 0 Å². The second-order valence-corrected chi connectivity index (χ2v) is 8.23. The number of hydrogen-bond donors (Lipinski definition) is 1. The van der Waals surface area contributed by atoms with E-state index in [9.17, 15) is 9.90 Å². The number of benzene rings is 4. The molecule has 0 heterocycles. The number of rotatable bonds is 8. The first-order valence-electron chi connectivity index (χ1n) is 11.1. The smallest absolute Gasteiger partial charge is 0.306 e. The summed E-state index contributed by atoms with van der Waals surface area (Å²) in [5.74, 6) is -1.19. The number of nitriles is 1. The molecule has 0 aromatic heterocycles. The predicted molar refractivity (Wildman–Crippen MR) is 132 cm³/mol. The van der Waals surface area contributed by atoms with E-state index in [0.29, 0.717) is 24.8 Å². The van der Waals surface area contributed by atoms with Crippen molar-refractivity contribution in [1.29, 1.82) is 5.26 Å². The quantitative estimate of drug-likeness (QED) is 0.335. The Morgan fingerprint density at radius 3 is 1.94 bits per heavy atom. The molecule has 162 valence electrons. The molecule has 0 amide bonds. The molecular formula is C30H25NO2. The van der Waals surface area contributed by atoms with Crippen LogP contribution in [0.4, 0.5) is 0 Å². The molecule has 4 rings (SSSR count). The first-order valence-corrected chi connectivity index (χ1v) is 11.1. The Morgan fingerprint density at radius 2 is 1.30 bits per heavy atom. The monoisotopic (exact) mass is 431 g/mol. The fourth-order valence-electron chi connectivity index (χ4n) is 4.03. The summed E-state index contributed by atoms with van der Waals surface area (Å²) in [6.07, 6.45) is 1.81. The first-order chi connectivity index (χ1) is 16.1. The van der Waals surface area contributed by atoms with E-state index in [2.05, 4.69) is 30.3 Å². The van der Waals surface area contributed by atoms with Crippen LogP contribution in [0.25, 0.3) is 22.3 Å². The molecule has 0 aliphatic heterocycles. The molecular weight excluding hydrogens is 406 g/mol. The molecule has 4 aromatic carbocycles. The summed E-state index contributed by atoms with van der Waals surface area (Å²) in [6.45, 7) is 0. The number of carboxylic acids is 1. The van der Waals surface area contributed by atoms with E-state index in [0.717, 1.165) is 33.4 Å². The Kier molecular flexibility index (Phi) is 6.97. The van der Waals surface area contributed by atoms with Gasteiger partial charge in [0.15, 0.2) is 0 Å². The summed E-state index contributed by atoms with van der Waals surface area (Å²) in [5, 5.41) is 18.9. The van der Waals surface area contributed by atoms with E-state index >= 15 is 0 Å². The number of carboxylic acid groups (broad SMARTS) is 1. The molecule has 0 saturated carbocycles. The van der Waals surface area contributed by atoms with Crippen molar-refractivity contribution in [3.05, 3.63) is 120 Å². The van der Waals surface area contributed by atoms with Gasteiger partial charge in [-0.05, 0) is 64.8 Å². The summed E-state index contributed by atoms with van der Waals surface area (Å²) in [4.78, 5) is 11.9. The minimum absolute atomic E-state index is 0.431. The van der Waals surface area contributed by atoms with Crippen LogP contribution in [0.1, 0.15) is 23.1 Å². The normalized spacial score (nSPS) is 11.5. The topological polar surface area (TPSA) is 61.1 Å². The third-order valence-corrected chi connectivity index (χ3v) is 5.95. The molecule has 0 aliphatic rings. The van der Waals surface area contributed by atoms with Crippen molar-refractivity contribution >= 4 is 5.97 Å². The van der Waals surface area contributed by atoms with Gasteiger partial charge in [-0.1, -0.05) is 91.0 Å². The lowest BCUT2D eigenvalue weighted by Gasteiger charge is -2.13. The highest BCUT2D eigenvalue weighted by atomic mass is 16.4. The Bertz CT molecular complexity index is 1250. The van der Waals surface area contributed by atoms with Crippen molar-refractivity contribution in [2.45, 2.75) is 19.3 Å². The van der Waals surface area contributed by atoms with Crippen LogP contribution in [0, 0.1) is 17.2 Å². The van der Waals surface area contributed by atoms with Crippen LogP contribution in [-0.2, 0) is 17.6 Å². The number of nitrogens with zero attached hydrogens (tertiary/aromatic N) is 1. The Morgan fingerprint density at radius 1 is 0.727 bits per heavy atom. The molecule has 1 unspecified atom stereocenters. The molecule has 1 atom stereocenters. The lowest BCUT2D eigenvalue weighted by Crippen LogP contribution is -2.17. The highest BCUT2D eigenvalue weighted by Gasteiger charge is 2.18. The maximum atomic E-state index is 11.9. The third kappa shape index (κ3) is 5.75. The van der Waals surface area contributed by atoms with Crippen molar-refractivity contribution in [2.24, 2.45) is 5.92 Å². The van der Waals surface area contributed by atoms with Gasteiger partial charge < -0.3 is 5.11 Å². The van der Waals surface area contributed by atoms with Gasteiger partial charge in [-0.3, -0.25) is 4.79 Å². The van der Waals surface area contributed by atoms with Crippen molar-refractivity contribution in [3.8, 4) is 28.3 Å². The van der Waals surface area contributed by atoms with Gasteiger partial charge in [0.05, 0.1) is 17.6 Å². The molecule has 0 saturated heterocycles. The molecule has 33 heavy (non-hydrogen) atoms. The molecule has 3 heteroatoms. The molecule has 0 bridgehead atoms. The standard InChI is InChI=1S/C30H25NO2/c31-21-24-5-4-8-28(20-24)27-14-9-22(10-15-27)11-18-29(30(32)33)19-23-12-16-26(17-13-23)25-6-2-1-3-7-25/h1-10,12-17,20,29H,11,18-19H2,(H,32,33). The number of hydrogen-bond acceptors (Lipinski definition) is 2. The van der Waals surface area contributed by atoms with Gasteiger partial charge in [0.2, 0.25) is 0 Å². The molecule has 0 fully saturated rings. The van der Waals surface area contributed by atoms with Crippen LogP contribution >= 0.6 is 0 Å². The summed E-state index contributed by atoms with van der Waals surface area (Å²) in [6, 6.07) is 36.2. The summed E-state index contributed by atoms with van der Waals surface area (Å²) in [7, 11) is 0. The van der Waals surface area contributed by atoms with E-state index in [1.807, 2.05) is 72.8 Å². The zero-order valence-corrected chi connectivity index (χ0v) is 18.3. The predicted octanol–water partition coefficient (Wildman–Crippen LogP) is 6.77. The van der Waals surface area contributed by atoms with Gasteiger partial charge in [-0.15, -0.1) is 0 Å². The second kappa shape index (κ2) is 10.4. The lowest BCUT2D eigenvalue weighted by molar-refractivity contribution is -0.141. The Balaban J connectivity index is 1.38. The molecule has 4 aromatic rings. The first kappa shape index (κ1) is 22.0. The van der Waals surface area contributed by atoms with Gasteiger partial charge in [-0.2, -0.15) is 5.26 Å². The fraction of sp³-hybridized carbons (Fsp3) is 0.133. The summed E-state index contributed by atoms with van der Waals surface area (Å²) in [5.41, 5.74) is 7.12. The largest absolute Gasteiger partial charge is 0.481 e. The van der Waals surface area contributed by atoms with Gasteiger partial charge in [0.1, 0.15) is 0 Å². The van der Waals surface area contributed by atoms with E-state index in [1.165, 1.54) is 0 Å². The van der Waals surface area contributed by atoms with Crippen molar-refractivity contribution in [2.75, 3.05) is 0 Å². The Labute approximate surface area is 194 Å². The van der Waals surface area contributed by atoms with Gasteiger partial charge in [0, 0.05) is 0 Å². The van der Waals surface area contributed by atoms with E-state index in [4.69, 9.17) is 5.26 Å². The number of aryl methyl sites for hydroxylation is 1. The van der Waals surface area contributed by atoms with Crippen molar-refractivity contribution in [1.82, 2.24) is 0 Å². The maximum Gasteiger partial charge on any atom is 0.306 e. The van der Waals surface area contributed by atoms with Crippen LogP contribution in [0.15, 0.2) is 103 Å². The second-order valence-electron chi connectivity index (χ2n) is 8.23. The minimum atomic E-state index is -0.757. The van der Waals surface area contributed by atoms with Gasteiger partial charge >= 0.3 is 5.97 Å². The SMILES string of the molecule is N#Cc1cccc(-c2ccc(CCC(Cc3ccc(-c4ccccc4)cc3)C(=O)O)cc2)c1. The molecule has 3 nitrogen and oxygen atoms in total. The lowest BCUT2D eigenvalue weighted by atomic mass is 9.91. The van der Waals surface area contributed by atoms with Crippen LogP contribution in [0.3, 0.4) is 0 Å². The average Bonchev–Trinajstić information content (AvgIpc) is 2.87. The van der Waals surface area contributed by atoms with Crippen molar-refractivity contribution in [3.63, 3.8) is 0 Å². The number of aliphatic carboxylic acids is 1.